The second-order valence-electron chi connectivity index (χ2n) is 8.08. The van der Waals surface area contributed by atoms with Crippen molar-refractivity contribution < 1.29 is 13.2 Å². The highest BCUT2D eigenvalue weighted by atomic mass is 35.5. The first-order chi connectivity index (χ1) is 13.8. The SMILES string of the molecule is CC(C)=CCN1CCC(NC(=O)c2cc(S(=O)(=O)N3CCCC3)ccc2Cl)CC1. The van der Waals surface area contributed by atoms with E-state index in [1.165, 1.54) is 28.1 Å². The largest absolute Gasteiger partial charge is 0.349 e. The number of carbonyl (C=O) groups is 1. The van der Waals surface area contributed by atoms with Crippen LogP contribution in [0.25, 0.3) is 0 Å². The van der Waals surface area contributed by atoms with Crippen molar-refractivity contribution in [2.75, 3.05) is 32.7 Å². The van der Waals surface area contributed by atoms with E-state index in [4.69, 9.17) is 11.6 Å². The maximum atomic E-state index is 12.8. The molecule has 2 heterocycles. The number of hydrogen-bond acceptors (Lipinski definition) is 4. The number of benzene rings is 1. The lowest BCUT2D eigenvalue weighted by Crippen LogP contribution is -2.44. The van der Waals surface area contributed by atoms with Gasteiger partial charge in [-0.15, -0.1) is 0 Å². The fourth-order valence-electron chi connectivity index (χ4n) is 3.75. The van der Waals surface area contributed by atoms with Crippen molar-refractivity contribution in [1.82, 2.24) is 14.5 Å². The van der Waals surface area contributed by atoms with Gasteiger partial charge in [0.2, 0.25) is 10.0 Å². The molecule has 160 valence electrons. The van der Waals surface area contributed by atoms with E-state index in [-0.39, 0.29) is 27.4 Å². The number of hydrogen-bond donors (Lipinski definition) is 1. The monoisotopic (exact) mass is 439 g/mol. The fourth-order valence-corrected chi connectivity index (χ4v) is 5.50. The normalized spacial score (nSPS) is 19.3. The van der Waals surface area contributed by atoms with E-state index in [0.29, 0.717) is 13.1 Å². The first kappa shape index (κ1) is 22.3. The third kappa shape index (κ3) is 5.60. The van der Waals surface area contributed by atoms with Crippen LogP contribution in [0, 0.1) is 0 Å². The topological polar surface area (TPSA) is 69.7 Å². The molecule has 8 heteroatoms. The number of carbonyl (C=O) groups excluding carboxylic acids is 1. The van der Waals surface area contributed by atoms with Gasteiger partial charge in [0.1, 0.15) is 0 Å². The molecular formula is C21H30ClN3O3S. The molecule has 2 fully saturated rings. The van der Waals surface area contributed by atoms with Gasteiger partial charge in [-0.2, -0.15) is 4.31 Å². The predicted octanol–water partition coefficient (Wildman–Crippen LogP) is 3.28. The van der Waals surface area contributed by atoms with Crippen LogP contribution in [0.15, 0.2) is 34.7 Å². The number of amides is 1. The van der Waals surface area contributed by atoms with Crippen LogP contribution in [-0.2, 0) is 10.0 Å². The Balaban J connectivity index is 1.65. The van der Waals surface area contributed by atoms with Gasteiger partial charge in [0, 0.05) is 38.8 Å². The number of likely N-dealkylation sites (tertiary alicyclic amines) is 1. The summed E-state index contributed by atoms with van der Waals surface area (Å²) >= 11 is 6.23. The molecule has 1 aromatic carbocycles. The lowest BCUT2D eigenvalue weighted by molar-refractivity contribution is 0.0914. The zero-order valence-electron chi connectivity index (χ0n) is 17.2. The molecule has 0 bridgehead atoms. The van der Waals surface area contributed by atoms with E-state index >= 15 is 0 Å². The maximum absolute atomic E-state index is 12.8. The highest BCUT2D eigenvalue weighted by molar-refractivity contribution is 7.89. The summed E-state index contributed by atoms with van der Waals surface area (Å²) in [5.74, 6) is -0.309. The quantitative estimate of drug-likeness (QED) is 0.690. The molecule has 0 atom stereocenters. The second kappa shape index (κ2) is 9.60. The Bertz CT molecular complexity index is 867. The van der Waals surface area contributed by atoms with Crippen LogP contribution in [0.4, 0.5) is 0 Å². The minimum atomic E-state index is -3.58. The van der Waals surface area contributed by atoms with E-state index < -0.39 is 10.0 Å². The molecule has 2 saturated heterocycles. The van der Waals surface area contributed by atoms with Crippen molar-refractivity contribution in [2.24, 2.45) is 0 Å². The first-order valence-electron chi connectivity index (χ1n) is 10.2. The Morgan fingerprint density at radius 1 is 1.17 bits per heavy atom. The minimum absolute atomic E-state index is 0.0698. The summed E-state index contributed by atoms with van der Waals surface area (Å²) in [6, 6.07) is 4.46. The Morgan fingerprint density at radius 2 is 1.83 bits per heavy atom. The molecule has 6 nitrogen and oxygen atoms in total. The molecule has 2 aliphatic rings. The summed E-state index contributed by atoms with van der Waals surface area (Å²) < 4.78 is 27.1. The smallest absolute Gasteiger partial charge is 0.253 e. The van der Waals surface area contributed by atoms with E-state index in [2.05, 4.69) is 30.1 Å². The highest BCUT2D eigenvalue weighted by Crippen LogP contribution is 2.25. The molecule has 0 saturated carbocycles. The average molecular weight is 440 g/mol. The van der Waals surface area contributed by atoms with Gasteiger partial charge in [0.05, 0.1) is 15.5 Å². The lowest BCUT2D eigenvalue weighted by atomic mass is 10.0. The van der Waals surface area contributed by atoms with Crippen molar-refractivity contribution in [1.29, 1.82) is 0 Å². The van der Waals surface area contributed by atoms with Crippen molar-refractivity contribution in [3.63, 3.8) is 0 Å². The Hall–Kier alpha value is -1.41. The molecule has 0 radical (unpaired) electrons. The van der Waals surface area contributed by atoms with Crippen LogP contribution >= 0.6 is 11.6 Å². The van der Waals surface area contributed by atoms with Crippen LogP contribution < -0.4 is 5.32 Å². The number of nitrogens with one attached hydrogen (secondary N) is 1. The summed E-state index contributed by atoms with van der Waals surface area (Å²) in [6.07, 6.45) is 5.68. The van der Waals surface area contributed by atoms with E-state index in [1.807, 2.05) is 0 Å². The number of halogens is 1. The molecule has 3 rings (SSSR count). The second-order valence-corrected chi connectivity index (χ2v) is 10.4. The molecule has 1 aromatic rings. The predicted molar refractivity (Wildman–Crippen MR) is 116 cm³/mol. The molecule has 1 amide bonds. The van der Waals surface area contributed by atoms with Crippen molar-refractivity contribution in [3.8, 4) is 0 Å². The van der Waals surface area contributed by atoms with Crippen LogP contribution in [0.2, 0.25) is 5.02 Å². The van der Waals surface area contributed by atoms with Crippen LogP contribution in [0.1, 0.15) is 49.9 Å². The number of rotatable bonds is 6. The molecule has 0 aliphatic carbocycles. The van der Waals surface area contributed by atoms with Gasteiger partial charge in [-0.1, -0.05) is 23.3 Å². The van der Waals surface area contributed by atoms with Gasteiger partial charge in [-0.05, 0) is 57.7 Å². The zero-order chi connectivity index (χ0) is 21.0. The average Bonchev–Trinajstić information content (AvgIpc) is 3.23. The lowest BCUT2D eigenvalue weighted by Gasteiger charge is -2.31. The van der Waals surface area contributed by atoms with E-state index in [9.17, 15) is 13.2 Å². The van der Waals surface area contributed by atoms with Gasteiger partial charge in [0.25, 0.3) is 5.91 Å². The van der Waals surface area contributed by atoms with E-state index in [0.717, 1.165) is 45.3 Å². The van der Waals surface area contributed by atoms with Gasteiger partial charge in [-0.25, -0.2) is 8.42 Å². The van der Waals surface area contributed by atoms with Crippen LogP contribution in [0.5, 0.6) is 0 Å². The number of allylic oxidation sites excluding steroid dienone is 1. The number of piperidine rings is 1. The van der Waals surface area contributed by atoms with Crippen molar-refractivity contribution in [3.05, 3.63) is 40.4 Å². The summed E-state index contributed by atoms with van der Waals surface area (Å²) in [5, 5.41) is 3.30. The highest BCUT2D eigenvalue weighted by Gasteiger charge is 2.29. The minimum Gasteiger partial charge on any atom is -0.349 e. The van der Waals surface area contributed by atoms with Crippen molar-refractivity contribution in [2.45, 2.75) is 50.5 Å². The summed E-state index contributed by atoms with van der Waals surface area (Å²) in [5.41, 5.74) is 1.53. The molecule has 0 unspecified atom stereocenters. The fraction of sp³-hybridized carbons (Fsp3) is 0.571. The number of sulfonamides is 1. The summed E-state index contributed by atoms with van der Waals surface area (Å²) in [4.78, 5) is 15.3. The van der Waals surface area contributed by atoms with Gasteiger partial charge >= 0.3 is 0 Å². The van der Waals surface area contributed by atoms with E-state index in [1.54, 1.807) is 0 Å². The first-order valence-corrected chi connectivity index (χ1v) is 12.1. The Kier molecular flexibility index (Phi) is 7.37. The summed E-state index contributed by atoms with van der Waals surface area (Å²) in [7, 11) is -3.58. The van der Waals surface area contributed by atoms with Crippen LogP contribution in [-0.4, -0.2) is 62.3 Å². The molecule has 2 aliphatic heterocycles. The van der Waals surface area contributed by atoms with Crippen LogP contribution in [0.3, 0.4) is 0 Å². The molecule has 1 N–H and O–H groups in total. The van der Waals surface area contributed by atoms with Gasteiger partial charge in [0.15, 0.2) is 0 Å². The molecular weight excluding hydrogens is 410 g/mol. The molecule has 0 spiro atoms. The van der Waals surface area contributed by atoms with Gasteiger partial charge in [-0.3, -0.25) is 9.69 Å². The van der Waals surface area contributed by atoms with Crippen molar-refractivity contribution >= 4 is 27.5 Å². The Labute approximate surface area is 178 Å². The third-order valence-electron chi connectivity index (χ3n) is 5.57. The summed E-state index contributed by atoms with van der Waals surface area (Å²) in [6.45, 7) is 8.02. The molecule has 29 heavy (non-hydrogen) atoms. The van der Waals surface area contributed by atoms with Gasteiger partial charge < -0.3 is 5.32 Å². The zero-order valence-corrected chi connectivity index (χ0v) is 18.7. The Morgan fingerprint density at radius 3 is 2.45 bits per heavy atom. The standard InChI is InChI=1S/C21H30ClN3O3S/c1-16(2)7-12-24-13-8-17(9-14-24)23-21(26)19-15-18(5-6-20(19)22)29(27,28)25-10-3-4-11-25/h5-7,15,17H,3-4,8-14H2,1-2H3,(H,23,26). The number of nitrogens with zero attached hydrogens (tertiary/aromatic N) is 2. The third-order valence-corrected chi connectivity index (χ3v) is 7.79. The molecule has 0 aromatic heterocycles. The maximum Gasteiger partial charge on any atom is 0.253 e.